The molecule has 5 heteroatoms. The molecule has 0 bridgehead atoms. The molecule has 0 aliphatic rings. The Hall–Kier alpha value is -2.17. The molecule has 21 heavy (non-hydrogen) atoms. The van der Waals surface area contributed by atoms with Gasteiger partial charge in [0, 0.05) is 11.8 Å². The molecule has 0 saturated heterocycles. The molecule has 112 valence electrons. The van der Waals surface area contributed by atoms with Gasteiger partial charge in [-0.2, -0.15) is 0 Å². The lowest BCUT2D eigenvalue weighted by Gasteiger charge is -2.21. The van der Waals surface area contributed by atoms with Crippen LogP contribution in [0.3, 0.4) is 0 Å². The van der Waals surface area contributed by atoms with Crippen molar-refractivity contribution in [2.45, 2.75) is 33.2 Å². The maximum absolute atomic E-state index is 11.9. The predicted molar refractivity (Wildman–Crippen MR) is 83.2 cm³/mol. The number of nitrogens with one attached hydrogen (secondary N) is 1. The zero-order chi connectivity index (χ0) is 15.4. The summed E-state index contributed by atoms with van der Waals surface area (Å²) >= 11 is 0. The minimum Gasteiger partial charge on any atom is -0.467 e. The van der Waals surface area contributed by atoms with Crippen molar-refractivity contribution in [3.05, 3.63) is 30.1 Å². The van der Waals surface area contributed by atoms with Gasteiger partial charge in [0.2, 0.25) is 0 Å². The summed E-state index contributed by atoms with van der Waals surface area (Å²) in [7, 11) is 1.40. The predicted octanol–water partition coefficient (Wildman–Crippen LogP) is 2.80. The van der Waals surface area contributed by atoms with Crippen LogP contribution in [0.25, 0.3) is 10.9 Å². The Morgan fingerprint density at radius 3 is 2.62 bits per heavy atom. The molecule has 0 unspecified atom stereocenters. The first-order chi connectivity index (χ1) is 10.1. The number of ether oxygens (including phenoxy) is 1. The molecule has 1 aromatic carbocycles. The van der Waals surface area contributed by atoms with Gasteiger partial charge in [0.15, 0.2) is 0 Å². The molecule has 0 spiro atoms. The first kappa shape index (κ1) is 15.2. The highest BCUT2D eigenvalue weighted by atomic mass is 16.5. The molecule has 0 fully saturated rings. The number of carbonyl (C=O) groups excluding carboxylic acids is 1. The second-order valence-electron chi connectivity index (χ2n) is 5.25. The van der Waals surface area contributed by atoms with Crippen molar-refractivity contribution in [1.82, 2.24) is 9.97 Å². The normalized spacial score (nSPS) is 12.4. The maximum atomic E-state index is 11.9. The fraction of sp³-hybridized carbons (Fsp3) is 0.438. The van der Waals surface area contributed by atoms with E-state index in [1.54, 1.807) is 0 Å². The monoisotopic (exact) mass is 287 g/mol. The number of anilines is 1. The zero-order valence-electron chi connectivity index (χ0n) is 12.9. The van der Waals surface area contributed by atoms with E-state index in [-0.39, 0.29) is 11.9 Å². The molecule has 0 aliphatic carbocycles. The zero-order valence-corrected chi connectivity index (χ0v) is 12.9. The third-order valence-electron chi connectivity index (χ3n) is 3.38. The molecular formula is C16H21N3O2. The lowest BCUT2D eigenvalue weighted by molar-refractivity contribution is -0.142. The molecule has 0 amide bonds. The Bertz CT molecular complexity index is 640. The second kappa shape index (κ2) is 6.52. The van der Waals surface area contributed by atoms with E-state index in [0.717, 1.165) is 23.1 Å². The largest absolute Gasteiger partial charge is 0.467 e. The number of esters is 1. The third-order valence-corrected chi connectivity index (χ3v) is 3.38. The van der Waals surface area contributed by atoms with Gasteiger partial charge in [-0.25, -0.2) is 14.8 Å². The van der Waals surface area contributed by atoms with Crippen LogP contribution in [0.2, 0.25) is 0 Å². The van der Waals surface area contributed by atoms with E-state index >= 15 is 0 Å². The van der Waals surface area contributed by atoms with Crippen molar-refractivity contribution in [1.29, 1.82) is 0 Å². The van der Waals surface area contributed by atoms with Gasteiger partial charge in [0.05, 0.1) is 12.6 Å². The van der Waals surface area contributed by atoms with Crippen LogP contribution in [0.5, 0.6) is 0 Å². The number of rotatable bonds is 5. The van der Waals surface area contributed by atoms with Crippen LogP contribution in [-0.4, -0.2) is 29.1 Å². The van der Waals surface area contributed by atoms with Crippen molar-refractivity contribution in [3.63, 3.8) is 0 Å². The van der Waals surface area contributed by atoms with Gasteiger partial charge in [-0.05, 0) is 18.1 Å². The summed E-state index contributed by atoms with van der Waals surface area (Å²) in [6, 6.07) is 7.34. The number of benzene rings is 1. The maximum Gasteiger partial charge on any atom is 0.328 e. The van der Waals surface area contributed by atoms with Crippen LogP contribution >= 0.6 is 0 Å². The summed E-state index contributed by atoms with van der Waals surface area (Å²) in [5.41, 5.74) is 0.874. The average Bonchev–Trinajstić information content (AvgIpc) is 2.50. The fourth-order valence-corrected chi connectivity index (χ4v) is 2.16. The lowest BCUT2D eigenvalue weighted by Crippen LogP contribution is -2.36. The minimum absolute atomic E-state index is 0.0938. The first-order valence-corrected chi connectivity index (χ1v) is 7.16. The molecule has 1 N–H and O–H groups in total. The molecule has 5 nitrogen and oxygen atoms in total. The highest BCUT2D eigenvalue weighted by molar-refractivity contribution is 5.91. The number of nitrogens with zero attached hydrogens (tertiary/aromatic N) is 2. The van der Waals surface area contributed by atoms with Crippen LogP contribution in [0.4, 0.5) is 5.82 Å². The van der Waals surface area contributed by atoms with Crippen molar-refractivity contribution in [3.8, 4) is 0 Å². The van der Waals surface area contributed by atoms with E-state index in [1.807, 2.05) is 45.0 Å². The number of aromatic nitrogens is 2. The topological polar surface area (TPSA) is 64.1 Å². The van der Waals surface area contributed by atoms with E-state index in [9.17, 15) is 4.79 Å². The van der Waals surface area contributed by atoms with Gasteiger partial charge in [0.25, 0.3) is 0 Å². The average molecular weight is 287 g/mol. The Morgan fingerprint density at radius 1 is 1.29 bits per heavy atom. The number of hydrogen-bond donors (Lipinski definition) is 1. The summed E-state index contributed by atoms with van der Waals surface area (Å²) in [5.74, 6) is 1.24. The summed E-state index contributed by atoms with van der Waals surface area (Å²) < 4.78 is 4.87. The Kier molecular flexibility index (Phi) is 4.73. The molecule has 0 aliphatic heterocycles. The van der Waals surface area contributed by atoms with Crippen molar-refractivity contribution >= 4 is 22.7 Å². The molecule has 2 aromatic rings. The Labute approximate surface area is 124 Å². The molecule has 0 saturated carbocycles. The van der Waals surface area contributed by atoms with E-state index in [2.05, 4.69) is 15.3 Å². The number of methoxy groups -OCH3 is 1. The van der Waals surface area contributed by atoms with Gasteiger partial charge in [0.1, 0.15) is 17.7 Å². The van der Waals surface area contributed by atoms with E-state index < -0.39 is 6.04 Å². The molecule has 0 radical (unpaired) electrons. The van der Waals surface area contributed by atoms with Crippen molar-refractivity contribution in [2.75, 3.05) is 12.4 Å². The van der Waals surface area contributed by atoms with E-state index in [1.165, 1.54) is 7.11 Å². The van der Waals surface area contributed by atoms with Crippen LogP contribution in [0, 0.1) is 5.92 Å². The summed E-state index contributed by atoms with van der Waals surface area (Å²) in [4.78, 5) is 21.0. The quantitative estimate of drug-likeness (QED) is 0.857. The number of carbonyl (C=O) groups is 1. The van der Waals surface area contributed by atoms with Crippen LogP contribution in [-0.2, 0) is 16.0 Å². The highest BCUT2D eigenvalue weighted by Gasteiger charge is 2.24. The number of para-hydroxylation sites is 1. The summed E-state index contributed by atoms with van der Waals surface area (Å²) in [6.07, 6.45) is 0.740. The Balaban J connectivity index is 2.46. The fourth-order valence-electron chi connectivity index (χ4n) is 2.16. The lowest BCUT2D eigenvalue weighted by atomic mass is 10.0. The van der Waals surface area contributed by atoms with Crippen molar-refractivity contribution in [2.24, 2.45) is 5.92 Å². The molecule has 1 heterocycles. The second-order valence-corrected chi connectivity index (χ2v) is 5.25. The smallest absolute Gasteiger partial charge is 0.328 e. The number of aryl methyl sites for hydroxylation is 1. The van der Waals surface area contributed by atoms with Gasteiger partial charge < -0.3 is 10.1 Å². The summed E-state index contributed by atoms with van der Waals surface area (Å²) in [5, 5.41) is 4.13. The third kappa shape index (κ3) is 3.29. The molecule has 2 rings (SSSR count). The molecule has 1 aromatic heterocycles. The highest BCUT2D eigenvalue weighted by Crippen LogP contribution is 2.22. The van der Waals surface area contributed by atoms with Gasteiger partial charge in [-0.1, -0.05) is 32.9 Å². The molecular weight excluding hydrogens is 266 g/mol. The minimum atomic E-state index is -0.432. The molecule has 1 atom stereocenters. The van der Waals surface area contributed by atoms with Crippen molar-refractivity contribution < 1.29 is 9.53 Å². The first-order valence-electron chi connectivity index (χ1n) is 7.16. The van der Waals surface area contributed by atoms with Gasteiger partial charge in [-0.3, -0.25) is 0 Å². The van der Waals surface area contributed by atoms with Crippen LogP contribution in [0.1, 0.15) is 26.6 Å². The van der Waals surface area contributed by atoms with Gasteiger partial charge >= 0.3 is 5.97 Å². The van der Waals surface area contributed by atoms with Gasteiger partial charge in [-0.15, -0.1) is 0 Å². The number of hydrogen-bond acceptors (Lipinski definition) is 5. The van der Waals surface area contributed by atoms with E-state index in [0.29, 0.717) is 5.82 Å². The standard InChI is InChI=1S/C16H21N3O2/c1-5-13-17-12-9-7-6-8-11(12)15(18-13)19-14(10(2)3)16(20)21-4/h6-10,14H,5H2,1-4H3,(H,17,18,19)/t14-/m0/s1. The van der Waals surface area contributed by atoms with Crippen LogP contribution < -0.4 is 5.32 Å². The Morgan fingerprint density at radius 2 is 2.00 bits per heavy atom. The van der Waals surface area contributed by atoms with E-state index in [4.69, 9.17) is 4.74 Å². The SMILES string of the molecule is CCc1nc(N[C@H](C(=O)OC)C(C)C)c2ccccc2n1. The number of fused-ring (bicyclic) bond motifs is 1. The summed E-state index contributed by atoms with van der Waals surface area (Å²) in [6.45, 7) is 5.95. The van der Waals surface area contributed by atoms with Crippen LogP contribution in [0.15, 0.2) is 24.3 Å².